The quantitative estimate of drug-likeness (QED) is 0.849. The number of benzene rings is 2. The molecule has 0 aliphatic carbocycles. The van der Waals surface area contributed by atoms with E-state index in [1.807, 2.05) is 6.07 Å². The Labute approximate surface area is 136 Å². The van der Waals surface area contributed by atoms with Crippen LogP contribution in [0.15, 0.2) is 46.2 Å². The molecule has 1 aliphatic rings. The molecule has 116 valence electrons. The average Bonchev–Trinajstić information content (AvgIpc) is 2.54. The Kier molecular flexibility index (Phi) is 4.84. The Morgan fingerprint density at radius 1 is 1.05 bits per heavy atom. The minimum atomic E-state index is -0.126. The van der Waals surface area contributed by atoms with Gasteiger partial charge in [-0.25, -0.2) is 4.39 Å². The highest BCUT2D eigenvalue weighted by molar-refractivity contribution is 7.99. The van der Waals surface area contributed by atoms with Gasteiger partial charge in [0.25, 0.3) is 0 Å². The monoisotopic (exact) mass is 315 g/mol. The molecule has 0 atom stereocenters. The highest BCUT2D eigenvalue weighted by Crippen LogP contribution is 2.39. The van der Waals surface area contributed by atoms with Gasteiger partial charge in [-0.05, 0) is 86.7 Å². The van der Waals surface area contributed by atoms with E-state index >= 15 is 0 Å². The number of rotatable bonds is 3. The van der Waals surface area contributed by atoms with Crippen molar-refractivity contribution in [2.45, 2.75) is 42.4 Å². The molecule has 0 aromatic heterocycles. The number of aryl methyl sites for hydroxylation is 1. The Hall–Kier alpha value is -1.32. The second-order valence-electron chi connectivity index (χ2n) is 6.01. The van der Waals surface area contributed by atoms with Crippen LogP contribution in [0.5, 0.6) is 0 Å². The van der Waals surface area contributed by atoms with E-state index in [-0.39, 0.29) is 5.82 Å². The Bertz CT molecular complexity index is 662. The third-order valence-electron chi connectivity index (χ3n) is 4.53. The molecule has 0 amide bonds. The minimum Gasteiger partial charge on any atom is -0.317 e. The summed E-state index contributed by atoms with van der Waals surface area (Å²) in [6.45, 7) is 6.34. The molecule has 0 saturated carbocycles. The SMILES string of the molecule is Cc1cccc(Sc2ccc(F)cc2C2CCNCC2)c1C. The molecule has 0 bridgehead atoms. The smallest absolute Gasteiger partial charge is 0.123 e. The largest absolute Gasteiger partial charge is 0.317 e. The van der Waals surface area contributed by atoms with E-state index in [0.717, 1.165) is 25.9 Å². The molecule has 0 unspecified atom stereocenters. The van der Waals surface area contributed by atoms with Crippen molar-refractivity contribution in [1.29, 1.82) is 0 Å². The minimum absolute atomic E-state index is 0.126. The fourth-order valence-electron chi connectivity index (χ4n) is 3.02. The van der Waals surface area contributed by atoms with Crippen LogP contribution in [0.4, 0.5) is 4.39 Å². The van der Waals surface area contributed by atoms with Crippen molar-refractivity contribution >= 4 is 11.8 Å². The predicted molar refractivity (Wildman–Crippen MR) is 91.3 cm³/mol. The molecule has 1 fully saturated rings. The summed E-state index contributed by atoms with van der Waals surface area (Å²) in [6, 6.07) is 11.7. The van der Waals surface area contributed by atoms with Gasteiger partial charge in [0.15, 0.2) is 0 Å². The number of halogens is 1. The van der Waals surface area contributed by atoms with Crippen molar-refractivity contribution in [1.82, 2.24) is 5.32 Å². The van der Waals surface area contributed by atoms with Gasteiger partial charge in [-0.1, -0.05) is 23.9 Å². The van der Waals surface area contributed by atoms with Crippen LogP contribution < -0.4 is 5.32 Å². The van der Waals surface area contributed by atoms with Gasteiger partial charge in [-0.15, -0.1) is 0 Å². The Morgan fingerprint density at radius 2 is 1.82 bits per heavy atom. The molecule has 1 aliphatic heterocycles. The maximum Gasteiger partial charge on any atom is 0.123 e. The Morgan fingerprint density at radius 3 is 2.59 bits per heavy atom. The first-order valence-corrected chi connectivity index (χ1v) is 8.71. The molecule has 0 spiro atoms. The third kappa shape index (κ3) is 3.36. The molecule has 3 rings (SSSR count). The normalized spacial score (nSPS) is 16.0. The zero-order valence-electron chi connectivity index (χ0n) is 13.2. The maximum absolute atomic E-state index is 13.8. The van der Waals surface area contributed by atoms with E-state index < -0.39 is 0 Å². The van der Waals surface area contributed by atoms with Crippen molar-refractivity contribution in [3.05, 3.63) is 58.9 Å². The standard InChI is InChI=1S/C19H22FNS/c1-13-4-3-5-18(14(13)2)22-19-7-6-16(20)12-17(19)15-8-10-21-11-9-15/h3-7,12,15,21H,8-11H2,1-2H3. The maximum atomic E-state index is 13.8. The van der Waals surface area contributed by atoms with Gasteiger partial charge in [-0.2, -0.15) is 0 Å². The predicted octanol–water partition coefficient (Wildman–Crippen LogP) is 5.06. The average molecular weight is 315 g/mol. The molecule has 1 heterocycles. The van der Waals surface area contributed by atoms with Crippen LogP contribution in [-0.2, 0) is 0 Å². The fourth-order valence-corrected chi connectivity index (χ4v) is 4.19. The lowest BCUT2D eigenvalue weighted by Gasteiger charge is -2.25. The molecule has 1 nitrogen and oxygen atoms in total. The molecule has 3 heteroatoms. The summed E-state index contributed by atoms with van der Waals surface area (Å²) >= 11 is 1.77. The zero-order valence-corrected chi connectivity index (χ0v) is 14.0. The van der Waals surface area contributed by atoms with Crippen molar-refractivity contribution in [2.24, 2.45) is 0 Å². The van der Waals surface area contributed by atoms with Gasteiger partial charge < -0.3 is 5.32 Å². The first-order valence-electron chi connectivity index (χ1n) is 7.89. The molecular formula is C19H22FNS. The van der Waals surface area contributed by atoms with E-state index in [2.05, 4.69) is 37.4 Å². The molecular weight excluding hydrogens is 293 g/mol. The summed E-state index contributed by atoms with van der Waals surface area (Å²) in [6.07, 6.45) is 2.17. The van der Waals surface area contributed by atoms with Crippen LogP contribution in [0.2, 0.25) is 0 Å². The lowest BCUT2D eigenvalue weighted by molar-refractivity contribution is 0.454. The second kappa shape index (κ2) is 6.84. The molecule has 1 saturated heterocycles. The van der Waals surface area contributed by atoms with Crippen LogP contribution in [-0.4, -0.2) is 13.1 Å². The molecule has 1 N–H and O–H groups in total. The summed E-state index contributed by atoms with van der Waals surface area (Å²) < 4.78 is 13.8. The number of hydrogen-bond donors (Lipinski definition) is 1. The summed E-state index contributed by atoms with van der Waals surface area (Å²) in [5, 5.41) is 3.38. The van der Waals surface area contributed by atoms with Gasteiger partial charge in [-0.3, -0.25) is 0 Å². The highest BCUT2D eigenvalue weighted by atomic mass is 32.2. The van der Waals surface area contributed by atoms with Gasteiger partial charge in [0.1, 0.15) is 5.82 Å². The molecule has 22 heavy (non-hydrogen) atoms. The van der Waals surface area contributed by atoms with E-state index in [0.29, 0.717) is 5.92 Å². The second-order valence-corrected chi connectivity index (χ2v) is 7.09. The van der Waals surface area contributed by atoms with Crippen LogP contribution in [0, 0.1) is 19.7 Å². The van der Waals surface area contributed by atoms with E-state index in [1.165, 1.54) is 26.5 Å². The van der Waals surface area contributed by atoms with Crippen LogP contribution in [0.1, 0.15) is 35.4 Å². The highest BCUT2D eigenvalue weighted by Gasteiger charge is 2.19. The third-order valence-corrected chi connectivity index (χ3v) is 5.78. The van der Waals surface area contributed by atoms with Crippen molar-refractivity contribution in [3.8, 4) is 0 Å². The first-order chi connectivity index (χ1) is 10.6. The van der Waals surface area contributed by atoms with E-state index in [4.69, 9.17) is 0 Å². The fraction of sp³-hybridized carbons (Fsp3) is 0.368. The molecule has 0 radical (unpaired) electrons. The van der Waals surface area contributed by atoms with Gasteiger partial charge >= 0.3 is 0 Å². The van der Waals surface area contributed by atoms with Gasteiger partial charge in [0, 0.05) is 9.79 Å². The number of hydrogen-bond acceptors (Lipinski definition) is 2. The first kappa shape index (κ1) is 15.6. The van der Waals surface area contributed by atoms with Crippen LogP contribution in [0.3, 0.4) is 0 Å². The van der Waals surface area contributed by atoms with Gasteiger partial charge in [0.05, 0.1) is 0 Å². The van der Waals surface area contributed by atoms with Gasteiger partial charge in [0.2, 0.25) is 0 Å². The number of nitrogens with one attached hydrogen (secondary N) is 1. The summed E-state index contributed by atoms with van der Waals surface area (Å²) in [4.78, 5) is 2.46. The summed E-state index contributed by atoms with van der Waals surface area (Å²) in [7, 11) is 0. The zero-order chi connectivity index (χ0) is 15.5. The van der Waals surface area contributed by atoms with Crippen molar-refractivity contribution < 1.29 is 4.39 Å². The molecule has 2 aromatic rings. The Balaban J connectivity index is 1.94. The molecule has 2 aromatic carbocycles. The van der Waals surface area contributed by atoms with Crippen molar-refractivity contribution in [2.75, 3.05) is 13.1 Å². The van der Waals surface area contributed by atoms with Crippen LogP contribution in [0.25, 0.3) is 0 Å². The number of piperidine rings is 1. The van der Waals surface area contributed by atoms with E-state index in [1.54, 1.807) is 23.9 Å². The lowest BCUT2D eigenvalue weighted by Crippen LogP contribution is -2.26. The van der Waals surface area contributed by atoms with Crippen LogP contribution >= 0.6 is 11.8 Å². The van der Waals surface area contributed by atoms with E-state index in [9.17, 15) is 4.39 Å². The summed E-state index contributed by atoms with van der Waals surface area (Å²) in [5.74, 6) is 0.336. The topological polar surface area (TPSA) is 12.0 Å². The van der Waals surface area contributed by atoms with Crippen molar-refractivity contribution in [3.63, 3.8) is 0 Å². The lowest BCUT2D eigenvalue weighted by atomic mass is 9.90. The summed E-state index contributed by atoms with van der Waals surface area (Å²) in [5.41, 5.74) is 3.79.